The molecule has 2 bridgehead atoms. The lowest BCUT2D eigenvalue weighted by atomic mass is 9.68. The Morgan fingerprint density at radius 1 is 1.18 bits per heavy atom. The summed E-state index contributed by atoms with van der Waals surface area (Å²) in [4.78, 5) is 15.5. The van der Waals surface area contributed by atoms with Crippen LogP contribution in [0.2, 0.25) is 5.02 Å². The number of aryl methyl sites for hydroxylation is 1. The summed E-state index contributed by atoms with van der Waals surface area (Å²) in [5, 5.41) is 11.8. The molecule has 6 rings (SSSR count). The minimum Gasteiger partial charge on any atom is -0.490 e. The molecule has 2 N–H and O–H groups in total. The fourth-order valence-corrected chi connectivity index (χ4v) is 8.62. The molecule has 2 aromatic rings. The van der Waals surface area contributed by atoms with E-state index in [-0.39, 0.29) is 28.6 Å². The van der Waals surface area contributed by atoms with Crippen molar-refractivity contribution >= 4 is 33.2 Å². The Hall–Kier alpha value is -2.55. The van der Waals surface area contributed by atoms with Crippen LogP contribution < -0.4 is 14.4 Å². The molecule has 2 aliphatic carbocycles. The van der Waals surface area contributed by atoms with Gasteiger partial charge in [0.15, 0.2) is 0 Å². The number of hydrogen-bond donors (Lipinski definition) is 2. The predicted octanol–water partition coefficient (Wildman–Crippen LogP) is 4.86. The van der Waals surface area contributed by atoms with Crippen LogP contribution >= 0.6 is 11.6 Å². The van der Waals surface area contributed by atoms with E-state index in [0.29, 0.717) is 31.2 Å². The summed E-state index contributed by atoms with van der Waals surface area (Å²) in [6.07, 6.45) is 8.69. The van der Waals surface area contributed by atoms with Crippen LogP contribution in [0.4, 0.5) is 5.69 Å². The van der Waals surface area contributed by atoms with Gasteiger partial charge in [-0.25, -0.2) is 13.1 Å². The predicted molar refractivity (Wildman–Crippen MR) is 157 cm³/mol. The highest BCUT2D eigenvalue weighted by Gasteiger charge is 2.44. The number of carbonyl (C=O) groups excluding carboxylic acids is 1. The number of rotatable bonds is 0. The molecule has 40 heavy (non-hydrogen) atoms. The minimum atomic E-state index is -3.85. The molecule has 2 aliphatic heterocycles. The van der Waals surface area contributed by atoms with Crippen LogP contribution in [0.15, 0.2) is 48.6 Å². The van der Waals surface area contributed by atoms with Crippen LogP contribution in [0.1, 0.15) is 60.5 Å². The van der Waals surface area contributed by atoms with Gasteiger partial charge in [0.2, 0.25) is 10.0 Å². The molecule has 0 saturated heterocycles. The summed E-state index contributed by atoms with van der Waals surface area (Å²) < 4.78 is 34.3. The second-order valence-corrected chi connectivity index (χ2v) is 14.4. The number of aliphatic hydroxyl groups is 1. The molecule has 7 nitrogen and oxygen atoms in total. The van der Waals surface area contributed by atoms with E-state index >= 15 is 0 Å². The third kappa shape index (κ3) is 5.38. The normalized spacial score (nSPS) is 32.5. The van der Waals surface area contributed by atoms with Gasteiger partial charge in [-0.3, -0.25) is 4.79 Å². The highest BCUT2D eigenvalue weighted by molar-refractivity contribution is 7.90. The van der Waals surface area contributed by atoms with E-state index in [2.05, 4.69) is 21.8 Å². The van der Waals surface area contributed by atoms with Gasteiger partial charge in [0.05, 0.1) is 24.2 Å². The number of anilines is 1. The van der Waals surface area contributed by atoms with Gasteiger partial charge in [0.25, 0.3) is 5.91 Å². The third-order valence-electron chi connectivity index (χ3n) is 9.30. The van der Waals surface area contributed by atoms with Crippen molar-refractivity contribution in [3.05, 3.63) is 70.3 Å². The fraction of sp³-hybridized carbons (Fsp3) is 0.516. The fourth-order valence-electron chi connectivity index (χ4n) is 7.13. The monoisotopic (exact) mass is 584 g/mol. The zero-order valence-electron chi connectivity index (χ0n) is 22.8. The Morgan fingerprint density at radius 3 is 2.83 bits per heavy atom. The maximum atomic E-state index is 13.2. The van der Waals surface area contributed by atoms with Crippen molar-refractivity contribution < 1.29 is 23.1 Å². The number of allylic oxidation sites excluding steroid dienone is 1. The van der Waals surface area contributed by atoms with E-state index in [1.54, 1.807) is 25.1 Å². The molecule has 1 saturated carbocycles. The van der Waals surface area contributed by atoms with Gasteiger partial charge < -0.3 is 14.7 Å². The molecule has 2 aromatic carbocycles. The standard InChI is InChI=1S/C31H37ClN2O5S/c1-20-4-2-6-28(35)25-10-7-23(25)16-34-18-31(13-3-5-21-14-24(32)9-11-26(21)31)19-39-29-12-8-22(15-27(29)34)30(36)33-40(37,38)17-20/h2,4,8-9,11-12,14-15,20,23,25,28,35H,3,5-7,10,13,16-19H2,1H3,(H,33,36)/b4-2+/t20-,23+,25-,28+,31+/m1/s1. The topological polar surface area (TPSA) is 95.9 Å². The van der Waals surface area contributed by atoms with Crippen molar-refractivity contribution in [3.8, 4) is 5.75 Å². The number of aliphatic hydroxyl groups excluding tert-OH is 1. The zero-order valence-corrected chi connectivity index (χ0v) is 24.4. The first-order chi connectivity index (χ1) is 19.1. The van der Waals surface area contributed by atoms with Gasteiger partial charge in [-0.15, -0.1) is 0 Å². The van der Waals surface area contributed by atoms with Crippen molar-refractivity contribution in [2.75, 3.05) is 30.3 Å². The molecular formula is C31H37ClN2O5S. The van der Waals surface area contributed by atoms with Gasteiger partial charge in [-0.1, -0.05) is 36.7 Å². The molecule has 0 radical (unpaired) electrons. The number of hydrogen-bond acceptors (Lipinski definition) is 6. The summed E-state index contributed by atoms with van der Waals surface area (Å²) in [5.74, 6) is 0.0322. The Morgan fingerprint density at radius 2 is 2.02 bits per heavy atom. The second kappa shape index (κ2) is 10.7. The number of sulfonamides is 1. The number of benzene rings is 2. The molecule has 4 aliphatic rings. The summed E-state index contributed by atoms with van der Waals surface area (Å²) in [7, 11) is -3.85. The number of halogens is 1. The Kier molecular flexibility index (Phi) is 7.38. The lowest BCUT2D eigenvalue weighted by Crippen LogP contribution is -2.49. The van der Waals surface area contributed by atoms with E-state index in [1.165, 1.54) is 11.1 Å². The quantitative estimate of drug-likeness (QED) is 0.430. The molecule has 0 aromatic heterocycles. The second-order valence-electron chi connectivity index (χ2n) is 12.2. The van der Waals surface area contributed by atoms with Crippen LogP contribution in [0.25, 0.3) is 0 Å². The summed E-state index contributed by atoms with van der Waals surface area (Å²) in [5.41, 5.74) is 3.34. The van der Waals surface area contributed by atoms with Crippen LogP contribution in [-0.4, -0.2) is 51.0 Å². The Balaban J connectivity index is 1.41. The Labute approximate surface area is 241 Å². The SMILES string of the molecule is C[C@@H]1/C=C/C[C@H](O)[C@@H]2CC[C@H]2CN2C[C@@]3(CCCc4cc(Cl)ccc43)COc3ccc(cc32)C(=O)NS(=O)(=O)C1. The number of ether oxygens (including phenoxy) is 1. The summed E-state index contributed by atoms with van der Waals surface area (Å²) >= 11 is 6.37. The largest absolute Gasteiger partial charge is 0.490 e. The highest BCUT2D eigenvalue weighted by Crippen LogP contribution is 2.46. The first-order valence-electron chi connectivity index (χ1n) is 14.3. The highest BCUT2D eigenvalue weighted by atomic mass is 35.5. The van der Waals surface area contributed by atoms with E-state index < -0.39 is 22.0 Å². The number of fused-ring (bicyclic) bond motifs is 4. The zero-order chi connectivity index (χ0) is 28.1. The van der Waals surface area contributed by atoms with Gasteiger partial charge in [0, 0.05) is 29.1 Å². The lowest BCUT2D eigenvalue weighted by molar-refractivity contribution is 0.0177. The molecule has 1 amide bonds. The molecule has 9 heteroatoms. The van der Waals surface area contributed by atoms with Gasteiger partial charge in [-0.05, 0) is 97.7 Å². The first-order valence-corrected chi connectivity index (χ1v) is 16.4. The number of amides is 1. The van der Waals surface area contributed by atoms with Crippen LogP contribution in [0.5, 0.6) is 5.75 Å². The van der Waals surface area contributed by atoms with Crippen molar-refractivity contribution in [2.24, 2.45) is 17.8 Å². The van der Waals surface area contributed by atoms with Crippen LogP contribution in [0, 0.1) is 17.8 Å². The molecule has 1 fully saturated rings. The number of nitrogens with one attached hydrogen (secondary N) is 1. The molecule has 2 heterocycles. The number of nitrogens with zero attached hydrogens (tertiary/aromatic N) is 1. The van der Waals surface area contributed by atoms with Gasteiger partial charge >= 0.3 is 0 Å². The Bertz CT molecular complexity index is 1440. The van der Waals surface area contributed by atoms with Crippen molar-refractivity contribution in [1.82, 2.24) is 4.72 Å². The van der Waals surface area contributed by atoms with E-state index in [4.69, 9.17) is 16.3 Å². The molecule has 1 spiro atoms. The molecule has 214 valence electrons. The maximum Gasteiger partial charge on any atom is 0.264 e. The average Bonchev–Trinajstić information content (AvgIpc) is 3.02. The summed E-state index contributed by atoms with van der Waals surface area (Å²) in [6.45, 7) is 3.73. The minimum absolute atomic E-state index is 0.170. The van der Waals surface area contributed by atoms with E-state index in [1.807, 2.05) is 18.2 Å². The first kappa shape index (κ1) is 27.6. The van der Waals surface area contributed by atoms with Crippen molar-refractivity contribution in [3.63, 3.8) is 0 Å². The molecule has 0 unspecified atom stereocenters. The lowest BCUT2D eigenvalue weighted by Gasteiger charge is -2.45. The maximum absolute atomic E-state index is 13.2. The third-order valence-corrected chi connectivity index (χ3v) is 11.0. The van der Waals surface area contributed by atoms with E-state index in [9.17, 15) is 18.3 Å². The molecular weight excluding hydrogens is 548 g/mol. The van der Waals surface area contributed by atoms with Gasteiger partial charge in [0.1, 0.15) is 5.75 Å². The van der Waals surface area contributed by atoms with Gasteiger partial charge in [-0.2, -0.15) is 0 Å². The van der Waals surface area contributed by atoms with Crippen LogP contribution in [0.3, 0.4) is 0 Å². The smallest absolute Gasteiger partial charge is 0.264 e. The average molecular weight is 585 g/mol. The molecule has 5 atom stereocenters. The van der Waals surface area contributed by atoms with Crippen LogP contribution in [-0.2, 0) is 21.9 Å². The summed E-state index contributed by atoms with van der Waals surface area (Å²) in [6, 6.07) is 11.4. The number of carbonyl (C=O) groups is 1. The van der Waals surface area contributed by atoms with E-state index in [0.717, 1.165) is 49.4 Å². The van der Waals surface area contributed by atoms with Crippen molar-refractivity contribution in [1.29, 1.82) is 0 Å². The van der Waals surface area contributed by atoms with Crippen molar-refractivity contribution in [2.45, 2.75) is 57.0 Å².